The van der Waals surface area contributed by atoms with Crippen LogP contribution in [0.2, 0.25) is 0 Å². The summed E-state index contributed by atoms with van der Waals surface area (Å²) in [4.78, 5) is 12.3. The van der Waals surface area contributed by atoms with Crippen LogP contribution in [0.1, 0.15) is 37.4 Å². The molecular formula is C19H24N4O3S. The molecule has 1 N–H and O–H groups in total. The summed E-state index contributed by atoms with van der Waals surface area (Å²) in [5.74, 6) is 2.55. The molecule has 1 aromatic heterocycles. The number of aromatic nitrogens is 3. The predicted octanol–water partition coefficient (Wildman–Crippen LogP) is 3.07. The molecule has 0 radical (unpaired) electrons. The van der Waals surface area contributed by atoms with Crippen molar-refractivity contribution in [3.63, 3.8) is 0 Å². The van der Waals surface area contributed by atoms with Crippen LogP contribution in [-0.2, 0) is 16.1 Å². The van der Waals surface area contributed by atoms with Crippen LogP contribution in [0.4, 0.5) is 5.69 Å². The number of ether oxygens (including phenoxy) is 2. The van der Waals surface area contributed by atoms with Crippen molar-refractivity contribution in [2.75, 3.05) is 24.8 Å². The SMILES string of the molecule is COc1ccc(NC(=O)CSc2nnc(C3CC3)n2CC2CCCO2)cc1. The Labute approximate surface area is 162 Å². The number of carbonyl (C=O) groups is 1. The van der Waals surface area contributed by atoms with Gasteiger partial charge in [-0.25, -0.2) is 0 Å². The van der Waals surface area contributed by atoms with Crippen LogP contribution in [0, 0.1) is 0 Å². The minimum absolute atomic E-state index is 0.0650. The van der Waals surface area contributed by atoms with Crippen LogP contribution in [0.3, 0.4) is 0 Å². The standard InChI is InChI=1S/C19H24N4O3S/c1-25-15-8-6-14(7-9-15)20-17(24)12-27-19-22-21-18(13-4-5-13)23(19)11-16-3-2-10-26-16/h6-9,13,16H,2-5,10-12H2,1H3,(H,20,24). The van der Waals surface area contributed by atoms with Crippen molar-refractivity contribution in [2.24, 2.45) is 0 Å². The largest absolute Gasteiger partial charge is 0.497 e. The zero-order chi connectivity index (χ0) is 18.6. The highest BCUT2D eigenvalue weighted by Crippen LogP contribution is 2.40. The normalized spacial score (nSPS) is 19.2. The molecule has 8 heteroatoms. The maximum atomic E-state index is 12.3. The third-order valence-corrected chi connectivity index (χ3v) is 5.77. The van der Waals surface area contributed by atoms with Gasteiger partial charge in [0.05, 0.1) is 25.5 Å². The molecule has 7 nitrogen and oxygen atoms in total. The Morgan fingerprint density at radius 2 is 2.11 bits per heavy atom. The first-order chi connectivity index (χ1) is 13.2. The molecule has 1 unspecified atom stereocenters. The van der Waals surface area contributed by atoms with E-state index in [1.807, 2.05) is 24.3 Å². The average molecular weight is 388 g/mol. The van der Waals surface area contributed by atoms with Crippen molar-refractivity contribution in [3.8, 4) is 5.75 Å². The Hall–Kier alpha value is -2.06. The quantitative estimate of drug-likeness (QED) is 0.700. The highest BCUT2D eigenvalue weighted by Gasteiger charge is 2.31. The molecule has 27 heavy (non-hydrogen) atoms. The molecule has 1 aliphatic carbocycles. The summed E-state index contributed by atoms with van der Waals surface area (Å²) < 4.78 is 13.1. The van der Waals surface area contributed by atoms with Crippen LogP contribution in [0.5, 0.6) is 5.75 Å². The van der Waals surface area contributed by atoms with E-state index in [9.17, 15) is 4.79 Å². The third kappa shape index (κ3) is 4.62. The number of carbonyl (C=O) groups excluding carboxylic acids is 1. The van der Waals surface area contributed by atoms with Gasteiger partial charge in [0.1, 0.15) is 11.6 Å². The lowest BCUT2D eigenvalue weighted by Crippen LogP contribution is -2.19. The molecule has 2 fully saturated rings. The number of hydrogen-bond donors (Lipinski definition) is 1. The number of amides is 1. The smallest absolute Gasteiger partial charge is 0.234 e. The van der Waals surface area contributed by atoms with E-state index < -0.39 is 0 Å². The fourth-order valence-electron chi connectivity index (χ4n) is 3.22. The first kappa shape index (κ1) is 18.3. The van der Waals surface area contributed by atoms with Gasteiger partial charge in [-0.3, -0.25) is 4.79 Å². The van der Waals surface area contributed by atoms with Crippen LogP contribution in [-0.4, -0.2) is 46.2 Å². The van der Waals surface area contributed by atoms with E-state index in [1.54, 1.807) is 7.11 Å². The molecule has 1 saturated carbocycles. The lowest BCUT2D eigenvalue weighted by atomic mass is 10.2. The Bertz CT molecular complexity index is 783. The molecular weight excluding hydrogens is 364 g/mol. The highest BCUT2D eigenvalue weighted by atomic mass is 32.2. The van der Waals surface area contributed by atoms with Gasteiger partial charge in [-0.15, -0.1) is 10.2 Å². The predicted molar refractivity (Wildman–Crippen MR) is 103 cm³/mol. The lowest BCUT2D eigenvalue weighted by molar-refractivity contribution is -0.113. The summed E-state index contributed by atoms with van der Waals surface area (Å²) in [7, 11) is 1.62. The number of methoxy groups -OCH3 is 1. The van der Waals surface area contributed by atoms with E-state index in [0.717, 1.165) is 48.4 Å². The summed E-state index contributed by atoms with van der Waals surface area (Å²) in [6.45, 7) is 1.61. The lowest BCUT2D eigenvalue weighted by Gasteiger charge is -2.14. The van der Waals surface area contributed by atoms with Crippen molar-refractivity contribution in [1.29, 1.82) is 0 Å². The second-order valence-electron chi connectivity index (χ2n) is 6.93. The van der Waals surface area contributed by atoms with Gasteiger partial charge in [0.25, 0.3) is 0 Å². The monoisotopic (exact) mass is 388 g/mol. The summed E-state index contributed by atoms with van der Waals surface area (Å²) in [6.07, 6.45) is 4.76. The molecule has 1 atom stereocenters. The van der Waals surface area contributed by atoms with Crippen LogP contribution >= 0.6 is 11.8 Å². The fraction of sp³-hybridized carbons (Fsp3) is 0.526. The first-order valence-electron chi connectivity index (χ1n) is 9.34. The van der Waals surface area contributed by atoms with Crippen LogP contribution < -0.4 is 10.1 Å². The first-order valence-corrected chi connectivity index (χ1v) is 10.3. The summed E-state index contributed by atoms with van der Waals surface area (Å²) in [5.41, 5.74) is 0.751. The number of hydrogen-bond acceptors (Lipinski definition) is 6. The molecule has 4 rings (SSSR count). The van der Waals surface area contributed by atoms with E-state index in [0.29, 0.717) is 11.7 Å². The van der Waals surface area contributed by atoms with Crippen molar-refractivity contribution >= 4 is 23.4 Å². The van der Waals surface area contributed by atoms with Crippen LogP contribution in [0.15, 0.2) is 29.4 Å². The molecule has 2 aliphatic rings. The molecule has 1 aliphatic heterocycles. The van der Waals surface area contributed by atoms with Crippen molar-refractivity contribution in [1.82, 2.24) is 14.8 Å². The van der Waals surface area contributed by atoms with Gasteiger partial charge in [0, 0.05) is 18.2 Å². The van der Waals surface area contributed by atoms with Crippen molar-refractivity contribution < 1.29 is 14.3 Å². The van der Waals surface area contributed by atoms with E-state index in [1.165, 1.54) is 24.6 Å². The maximum Gasteiger partial charge on any atom is 0.234 e. The summed E-state index contributed by atoms with van der Waals surface area (Å²) >= 11 is 1.43. The van der Waals surface area contributed by atoms with Gasteiger partial charge in [0.2, 0.25) is 5.91 Å². The Morgan fingerprint density at radius 3 is 2.78 bits per heavy atom. The number of thioether (sulfide) groups is 1. The minimum atomic E-state index is -0.0650. The topological polar surface area (TPSA) is 78.3 Å². The Balaban J connectivity index is 1.37. The van der Waals surface area contributed by atoms with E-state index in [4.69, 9.17) is 9.47 Å². The second-order valence-corrected chi connectivity index (χ2v) is 7.87. The van der Waals surface area contributed by atoms with Gasteiger partial charge in [-0.1, -0.05) is 11.8 Å². The van der Waals surface area contributed by atoms with Crippen molar-refractivity contribution in [3.05, 3.63) is 30.1 Å². The Morgan fingerprint density at radius 1 is 1.30 bits per heavy atom. The highest BCUT2D eigenvalue weighted by molar-refractivity contribution is 7.99. The molecule has 2 aromatic rings. The number of benzene rings is 1. The van der Waals surface area contributed by atoms with Gasteiger partial charge >= 0.3 is 0 Å². The van der Waals surface area contributed by atoms with Crippen molar-refractivity contribution in [2.45, 2.75) is 49.4 Å². The fourth-order valence-corrected chi connectivity index (χ4v) is 3.97. The molecule has 1 saturated heterocycles. The zero-order valence-corrected chi connectivity index (χ0v) is 16.2. The molecule has 1 aromatic carbocycles. The Kier molecular flexibility index (Phi) is 5.63. The molecule has 0 spiro atoms. The van der Waals surface area contributed by atoms with Gasteiger partial charge in [-0.05, 0) is 49.9 Å². The van der Waals surface area contributed by atoms with E-state index >= 15 is 0 Å². The molecule has 0 bridgehead atoms. The van der Waals surface area contributed by atoms with E-state index in [2.05, 4.69) is 20.1 Å². The third-order valence-electron chi connectivity index (χ3n) is 4.80. The summed E-state index contributed by atoms with van der Waals surface area (Å²) in [6, 6.07) is 7.30. The second kappa shape index (κ2) is 8.31. The average Bonchev–Trinajstić information content (AvgIpc) is 3.25. The molecule has 144 valence electrons. The van der Waals surface area contributed by atoms with Gasteiger partial charge in [-0.2, -0.15) is 0 Å². The number of anilines is 1. The van der Waals surface area contributed by atoms with Gasteiger partial charge < -0.3 is 19.4 Å². The number of nitrogens with one attached hydrogen (secondary N) is 1. The number of rotatable bonds is 8. The number of nitrogens with zero attached hydrogens (tertiary/aromatic N) is 3. The van der Waals surface area contributed by atoms with Crippen LogP contribution in [0.25, 0.3) is 0 Å². The van der Waals surface area contributed by atoms with Gasteiger partial charge in [0.15, 0.2) is 5.16 Å². The maximum absolute atomic E-state index is 12.3. The van der Waals surface area contributed by atoms with E-state index in [-0.39, 0.29) is 12.0 Å². The minimum Gasteiger partial charge on any atom is -0.497 e. The summed E-state index contributed by atoms with van der Waals surface area (Å²) in [5, 5.41) is 12.4. The molecule has 1 amide bonds. The zero-order valence-electron chi connectivity index (χ0n) is 15.4. The molecule has 2 heterocycles.